The predicted molar refractivity (Wildman–Crippen MR) is 52.9 cm³/mol. The van der Waals surface area contributed by atoms with Gasteiger partial charge < -0.3 is 10.2 Å². The molecule has 0 radical (unpaired) electrons. The van der Waals surface area contributed by atoms with Crippen LogP contribution in [0.5, 0.6) is 5.75 Å². The van der Waals surface area contributed by atoms with Crippen molar-refractivity contribution in [1.29, 1.82) is 0 Å². The van der Waals surface area contributed by atoms with Gasteiger partial charge in [0.25, 0.3) is 0 Å². The fraction of sp³-hybridized carbons (Fsp3) is 0.455. The van der Waals surface area contributed by atoms with E-state index in [1.807, 2.05) is 25.1 Å². The largest absolute Gasteiger partial charge is 0.507 e. The van der Waals surface area contributed by atoms with Crippen LogP contribution >= 0.6 is 0 Å². The highest BCUT2D eigenvalue weighted by atomic mass is 16.3. The minimum absolute atomic E-state index is 0.176. The molecule has 0 heterocycles. The molecule has 72 valence electrons. The fourth-order valence-electron chi connectivity index (χ4n) is 1.40. The van der Waals surface area contributed by atoms with Crippen molar-refractivity contribution in [1.82, 2.24) is 0 Å². The lowest BCUT2D eigenvalue weighted by molar-refractivity contribution is 0.288. The van der Waals surface area contributed by atoms with E-state index in [4.69, 9.17) is 5.11 Å². The molecule has 0 aliphatic rings. The number of rotatable bonds is 4. The maximum atomic E-state index is 9.73. The molecule has 0 fully saturated rings. The summed E-state index contributed by atoms with van der Waals surface area (Å²) in [5.74, 6) is 0.401. The summed E-state index contributed by atoms with van der Waals surface area (Å²) >= 11 is 0. The van der Waals surface area contributed by atoms with Crippen molar-refractivity contribution < 1.29 is 10.2 Å². The highest BCUT2D eigenvalue weighted by molar-refractivity contribution is 5.40. The number of hydrogen-bond acceptors (Lipinski definition) is 2. The van der Waals surface area contributed by atoms with Crippen LogP contribution in [-0.4, -0.2) is 16.8 Å². The first kappa shape index (κ1) is 10.1. The fourth-order valence-corrected chi connectivity index (χ4v) is 1.40. The van der Waals surface area contributed by atoms with Gasteiger partial charge >= 0.3 is 0 Å². The van der Waals surface area contributed by atoms with Gasteiger partial charge in [0.2, 0.25) is 0 Å². The van der Waals surface area contributed by atoms with Crippen molar-refractivity contribution in [3.05, 3.63) is 29.3 Å². The van der Waals surface area contributed by atoms with E-state index >= 15 is 0 Å². The molecule has 0 amide bonds. The Labute approximate surface area is 78.8 Å². The van der Waals surface area contributed by atoms with Gasteiger partial charge in [-0.2, -0.15) is 0 Å². The normalized spacial score (nSPS) is 10.3. The molecule has 0 saturated heterocycles. The molecule has 2 heteroatoms. The summed E-state index contributed by atoms with van der Waals surface area (Å²) in [6.45, 7) is 2.20. The third-order valence-electron chi connectivity index (χ3n) is 2.19. The Kier molecular flexibility index (Phi) is 3.77. The SMILES string of the molecule is CCc1cccc(CCCO)c1O. The second kappa shape index (κ2) is 4.87. The molecule has 0 atom stereocenters. The van der Waals surface area contributed by atoms with Crippen molar-refractivity contribution in [2.75, 3.05) is 6.61 Å². The van der Waals surface area contributed by atoms with E-state index in [1.54, 1.807) is 0 Å². The topological polar surface area (TPSA) is 40.5 Å². The van der Waals surface area contributed by atoms with Gasteiger partial charge in [-0.15, -0.1) is 0 Å². The van der Waals surface area contributed by atoms with Crippen LogP contribution in [0.25, 0.3) is 0 Å². The molecule has 2 nitrogen and oxygen atoms in total. The zero-order valence-corrected chi connectivity index (χ0v) is 7.95. The highest BCUT2D eigenvalue weighted by Gasteiger charge is 2.04. The number of aryl methyl sites for hydroxylation is 2. The van der Waals surface area contributed by atoms with E-state index in [0.29, 0.717) is 12.2 Å². The quantitative estimate of drug-likeness (QED) is 0.742. The number of benzene rings is 1. The predicted octanol–water partition coefficient (Wildman–Crippen LogP) is 1.88. The van der Waals surface area contributed by atoms with Crippen LogP contribution in [0.3, 0.4) is 0 Å². The zero-order chi connectivity index (χ0) is 9.68. The summed E-state index contributed by atoms with van der Waals surface area (Å²) in [4.78, 5) is 0. The minimum Gasteiger partial charge on any atom is -0.507 e. The molecule has 0 unspecified atom stereocenters. The molecule has 0 aliphatic carbocycles. The molecule has 0 saturated carbocycles. The van der Waals surface area contributed by atoms with Crippen LogP contribution in [0.2, 0.25) is 0 Å². The highest BCUT2D eigenvalue weighted by Crippen LogP contribution is 2.23. The van der Waals surface area contributed by atoms with Gasteiger partial charge in [0, 0.05) is 6.61 Å². The molecule has 0 spiro atoms. The van der Waals surface area contributed by atoms with Crippen LogP contribution in [0.4, 0.5) is 0 Å². The van der Waals surface area contributed by atoms with Crippen LogP contribution in [0.15, 0.2) is 18.2 Å². The number of aromatic hydroxyl groups is 1. The van der Waals surface area contributed by atoms with Crippen LogP contribution < -0.4 is 0 Å². The number of aliphatic hydroxyl groups is 1. The summed E-state index contributed by atoms with van der Waals surface area (Å²) in [6.07, 6.45) is 2.30. The smallest absolute Gasteiger partial charge is 0.121 e. The first-order chi connectivity index (χ1) is 6.29. The standard InChI is InChI=1S/C11H16O2/c1-2-9-5-3-6-10(11(9)13)7-4-8-12/h3,5-6,12-13H,2,4,7-8H2,1H3. The van der Waals surface area contributed by atoms with Crippen molar-refractivity contribution in [2.24, 2.45) is 0 Å². The van der Waals surface area contributed by atoms with Gasteiger partial charge in [0.05, 0.1) is 0 Å². The number of hydrogen-bond donors (Lipinski definition) is 2. The molecule has 2 N–H and O–H groups in total. The maximum Gasteiger partial charge on any atom is 0.121 e. The number of phenolic OH excluding ortho intramolecular Hbond substituents is 1. The third-order valence-corrected chi connectivity index (χ3v) is 2.19. The van der Waals surface area contributed by atoms with E-state index in [2.05, 4.69) is 0 Å². The Morgan fingerprint density at radius 1 is 1.23 bits per heavy atom. The van der Waals surface area contributed by atoms with Crippen molar-refractivity contribution in [2.45, 2.75) is 26.2 Å². The van der Waals surface area contributed by atoms with Crippen LogP contribution in [0.1, 0.15) is 24.5 Å². The average molecular weight is 180 g/mol. The van der Waals surface area contributed by atoms with E-state index in [1.165, 1.54) is 0 Å². The van der Waals surface area contributed by atoms with E-state index < -0.39 is 0 Å². The molecule has 1 rings (SSSR count). The second-order valence-corrected chi connectivity index (χ2v) is 3.11. The van der Waals surface area contributed by atoms with Crippen molar-refractivity contribution >= 4 is 0 Å². The number of para-hydroxylation sites is 1. The Morgan fingerprint density at radius 3 is 2.54 bits per heavy atom. The average Bonchev–Trinajstić information content (AvgIpc) is 2.16. The lowest BCUT2D eigenvalue weighted by Crippen LogP contribution is -1.92. The molecule has 0 aliphatic heterocycles. The molecule has 13 heavy (non-hydrogen) atoms. The zero-order valence-electron chi connectivity index (χ0n) is 7.95. The molecule has 0 bridgehead atoms. The first-order valence-corrected chi connectivity index (χ1v) is 4.70. The Morgan fingerprint density at radius 2 is 1.92 bits per heavy atom. The van der Waals surface area contributed by atoms with E-state index in [0.717, 1.165) is 24.0 Å². The summed E-state index contributed by atoms with van der Waals surface area (Å²) < 4.78 is 0. The molecule has 1 aromatic rings. The van der Waals surface area contributed by atoms with Gasteiger partial charge in [0.15, 0.2) is 0 Å². The van der Waals surface area contributed by atoms with E-state index in [-0.39, 0.29) is 6.61 Å². The monoisotopic (exact) mass is 180 g/mol. The lowest BCUT2D eigenvalue weighted by atomic mass is 10.0. The maximum absolute atomic E-state index is 9.73. The number of aliphatic hydroxyl groups excluding tert-OH is 1. The summed E-state index contributed by atoms with van der Waals surface area (Å²) in [7, 11) is 0. The second-order valence-electron chi connectivity index (χ2n) is 3.11. The van der Waals surface area contributed by atoms with Crippen molar-refractivity contribution in [3.63, 3.8) is 0 Å². The van der Waals surface area contributed by atoms with Gasteiger partial charge in [0.1, 0.15) is 5.75 Å². The molecule has 1 aromatic carbocycles. The summed E-state index contributed by atoms with van der Waals surface area (Å²) in [5, 5.41) is 18.4. The Bertz CT molecular complexity index is 269. The molecular weight excluding hydrogens is 164 g/mol. The number of phenols is 1. The van der Waals surface area contributed by atoms with E-state index in [9.17, 15) is 5.11 Å². The third kappa shape index (κ3) is 2.46. The lowest BCUT2D eigenvalue weighted by Gasteiger charge is -2.07. The molecule has 0 aromatic heterocycles. The van der Waals surface area contributed by atoms with Crippen LogP contribution in [0, 0.1) is 0 Å². The van der Waals surface area contributed by atoms with Gasteiger partial charge in [-0.3, -0.25) is 0 Å². The summed E-state index contributed by atoms with van der Waals surface area (Å²) in [6, 6.07) is 5.78. The Balaban J connectivity index is 2.81. The molecular formula is C11H16O2. The van der Waals surface area contributed by atoms with Gasteiger partial charge in [-0.1, -0.05) is 25.1 Å². The van der Waals surface area contributed by atoms with Gasteiger partial charge in [-0.25, -0.2) is 0 Å². The van der Waals surface area contributed by atoms with Crippen molar-refractivity contribution in [3.8, 4) is 5.75 Å². The summed E-state index contributed by atoms with van der Waals surface area (Å²) in [5.41, 5.74) is 1.92. The first-order valence-electron chi connectivity index (χ1n) is 4.70. The van der Waals surface area contributed by atoms with Crippen LogP contribution in [-0.2, 0) is 12.8 Å². The Hall–Kier alpha value is -1.02. The minimum atomic E-state index is 0.176. The van der Waals surface area contributed by atoms with Gasteiger partial charge in [-0.05, 0) is 30.4 Å².